The molecule has 2 nitrogen and oxygen atoms in total. The van der Waals surface area contributed by atoms with Crippen molar-refractivity contribution in [3.8, 4) is 0 Å². The van der Waals surface area contributed by atoms with Crippen LogP contribution in [-0.2, 0) is 13.0 Å². The lowest BCUT2D eigenvalue weighted by molar-refractivity contribution is 0.692. The Labute approximate surface area is 112 Å². The Morgan fingerprint density at radius 1 is 1.38 bits per heavy atom. The molecule has 2 aromatic rings. The van der Waals surface area contributed by atoms with Crippen LogP contribution >= 0.6 is 38.6 Å². The average Bonchev–Trinajstić information content (AvgIpc) is 2.83. The number of aromatic nitrogens is 1. The van der Waals surface area contributed by atoms with Crippen LogP contribution in [0.5, 0.6) is 0 Å². The van der Waals surface area contributed by atoms with E-state index in [-0.39, 0.29) is 0 Å². The first-order valence-corrected chi connectivity index (χ1v) is 7.53. The van der Waals surface area contributed by atoms with Crippen LogP contribution in [0.1, 0.15) is 14.8 Å². The van der Waals surface area contributed by atoms with E-state index in [0.29, 0.717) is 0 Å². The third kappa shape index (κ3) is 3.66. The van der Waals surface area contributed by atoms with Crippen LogP contribution in [-0.4, -0.2) is 11.5 Å². The van der Waals surface area contributed by atoms with E-state index in [0.717, 1.165) is 19.5 Å². The van der Waals surface area contributed by atoms with Crippen LogP contribution in [0, 0.1) is 6.92 Å². The molecule has 1 N–H and O–H groups in total. The van der Waals surface area contributed by atoms with Crippen molar-refractivity contribution in [1.29, 1.82) is 0 Å². The number of aryl methyl sites for hydroxylation is 1. The Hall–Kier alpha value is -0.230. The van der Waals surface area contributed by atoms with Crippen molar-refractivity contribution in [2.75, 3.05) is 6.54 Å². The number of hydrogen-bond acceptors (Lipinski definition) is 4. The van der Waals surface area contributed by atoms with Crippen molar-refractivity contribution in [3.63, 3.8) is 0 Å². The molecule has 0 bridgehead atoms. The fourth-order valence-electron chi connectivity index (χ4n) is 1.37. The predicted octanol–water partition coefficient (Wildman–Crippen LogP) is 3.61. The maximum atomic E-state index is 4.34. The Bertz CT molecular complexity index is 408. The molecule has 2 rings (SSSR count). The molecule has 0 atom stereocenters. The van der Waals surface area contributed by atoms with Gasteiger partial charge in [-0.15, -0.1) is 22.7 Å². The Balaban J connectivity index is 1.69. The minimum atomic E-state index is 0.945. The zero-order valence-electron chi connectivity index (χ0n) is 9.00. The van der Waals surface area contributed by atoms with Gasteiger partial charge in [0.1, 0.15) is 0 Å². The first-order valence-electron chi connectivity index (χ1n) is 5.10. The van der Waals surface area contributed by atoms with E-state index in [1.54, 1.807) is 22.7 Å². The van der Waals surface area contributed by atoms with Crippen molar-refractivity contribution in [1.82, 2.24) is 10.3 Å². The first kappa shape index (κ1) is 12.2. The summed E-state index contributed by atoms with van der Waals surface area (Å²) < 4.78 is 1.19. The number of thiazole rings is 1. The van der Waals surface area contributed by atoms with Crippen molar-refractivity contribution < 1.29 is 0 Å². The van der Waals surface area contributed by atoms with Gasteiger partial charge in [-0.05, 0) is 35.0 Å². The van der Waals surface area contributed by atoms with Gasteiger partial charge in [-0.25, -0.2) is 4.98 Å². The van der Waals surface area contributed by atoms with E-state index >= 15 is 0 Å². The molecule has 0 amide bonds. The zero-order chi connectivity index (χ0) is 11.4. The molecule has 0 aliphatic rings. The second-order valence-corrected chi connectivity index (χ2v) is 7.36. The number of hydrogen-bond donors (Lipinski definition) is 1. The molecule has 0 aromatic carbocycles. The first-order chi connectivity index (χ1) is 7.74. The third-order valence-electron chi connectivity index (χ3n) is 2.11. The molecular formula is C11H13BrN2S2. The molecule has 86 valence electrons. The Morgan fingerprint density at radius 3 is 2.88 bits per heavy atom. The lowest BCUT2D eigenvalue weighted by atomic mass is 10.4. The maximum absolute atomic E-state index is 4.34. The van der Waals surface area contributed by atoms with Crippen LogP contribution in [0.3, 0.4) is 0 Å². The van der Waals surface area contributed by atoms with Gasteiger partial charge in [-0.1, -0.05) is 0 Å². The van der Waals surface area contributed by atoms with Gasteiger partial charge in [0.05, 0.1) is 8.79 Å². The van der Waals surface area contributed by atoms with Gasteiger partial charge in [0.2, 0.25) is 0 Å². The number of halogens is 1. The topological polar surface area (TPSA) is 24.9 Å². The molecule has 0 fully saturated rings. The smallest absolute Gasteiger partial charge is 0.0940 e. The van der Waals surface area contributed by atoms with E-state index in [1.165, 1.54) is 18.5 Å². The minimum absolute atomic E-state index is 0.945. The molecule has 0 unspecified atom stereocenters. The predicted molar refractivity (Wildman–Crippen MR) is 74.3 cm³/mol. The summed E-state index contributed by atoms with van der Waals surface area (Å²) in [4.78, 5) is 6.99. The fourth-order valence-corrected chi connectivity index (χ4v) is 3.61. The van der Waals surface area contributed by atoms with Crippen molar-refractivity contribution >= 4 is 38.6 Å². The van der Waals surface area contributed by atoms with E-state index in [1.807, 2.05) is 6.20 Å². The lowest BCUT2D eigenvalue weighted by Crippen LogP contribution is -2.15. The largest absolute Gasteiger partial charge is 0.311 e. The second kappa shape index (κ2) is 5.91. The Kier molecular flexibility index (Phi) is 4.52. The highest BCUT2D eigenvalue weighted by Gasteiger charge is 1.99. The fraction of sp³-hybridized carbons (Fsp3) is 0.364. The molecule has 0 spiro atoms. The van der Waals surface area contributed by atoms with E-state index in [2.05, 4.69) is 45.3 Å². The summed E-state index contributed by atoms with van der Waals surface area (Å²) in [5, 5.41) is 4.65. The van der Waals surface area contributed by atoms with Gasteiger partial charge in [0.15, 0.2) is 0 Å². The summed E-state index contributed by atoms with van der Waals surface area (Å²) in [5.41, 5.74) is 0. The summed E-state index contributed by atoms with van der Waals surface area (Å²) in [6.45, 7) is 4.03. The van der Waals surface area contributed by atoms with E-state index in [9.17, 15) is 0 Å². The molecule has 0 saturated heterocycles. The van der Waals surface area contributed by atoms with Gasteiger partial charge in [-0.3, -0.25) is 0 Å². The minimum Gasteiger partial charge on any atom is -0.311 e. The highest BCUT2D eigenvalue weighted by Crippen LogP contribution is 2.21. The quantitative estimate of drug-likeness (QED) is 0.852. The number of nitrogens with zero attached hydrogens (tertiary/aromatic N) is 1. The van der Waals surface area contributed by atoms with Crippen LogP contribution in [0.4, 0.5) is 0 Å². The lowest BCUT2D eigenvalue weighted by Gasteiger charge is -2.00. The zero-order valence-corrected chi connectivity index (χ0v) is 12.2. The van der Waals surface area contributed by atoms with E-state index in [4.69, 9.17) is 0 Å². The summed E-state index contributed by atoms with van der Waals surface area (Å²) in [7, 11) is 0. The van der Waals surface area contributed by atoms with Gasteiger partial charge in [0.25, 0.3) is 0 Å². The van der Waals surface area contributed by atoms with Gasteiger partial charge >= 0.3 is 0 Å². The summed E-state index contributed by atoms with van der Waals surface area (Å²) >= 11 is 7.02. The third-order valence-corrected chi connectivity index (χ3v) is 4.71. The summed E-state index contributed by atoms with van der Waals surface area (Å²) in [5.74, 6) is 0. The maximum Gasteiger partial charge on any atom is 0.0940 e. The molecule has 0 saturated carbocycles. The van der Waals surface area contributed by atoms with Crippen LogP contribution in [0.2, 0.25) is 0 Å². The molecule has 0 aliphatic carbocycles. The van der Waals surface area contributed by atoms with E-state index < -0.39 is 0 Å². The normalized spacial score (nSPS) is 10.9. The standard InChI is InChI=1S/C11H13BrN2S2/c1-8-6-14-11(15-8)4-5-13-7-9-2-3-10(12)16-9/h2-3,6,13H,4-5,7H2,1H3. The SMILES string of the molecule is Cc1cnc(CCNCc2ccc(Br)s2)s1. The number of thiophene rings is 1. The summed E-state index contributed by atoms with van der Waals surface area (Å²) in [6, 6.07) is 4.24. The second-order valence-electron chi connectivity index (χ2n) is 3.50. The summed E-state index contributed by atoms with van der Waals surface area (Å²) in [6.07, 6.45) is 2.96. The molecule has 0 aliphatic heterocycles. The molecule has 2 heterocycles. The molecular weight excluding hydrogens is 304 g/mol. The number of rotatable bonds is 5. The van der Waals surface area contributed by atoms with Gasteiger partial charge in [-0.2, -0.15) is 0 Å². The molecule has 2 aromatic heterocycles. The van der Waals surface area contributed by atoms with Crippen molar-refractivity contribution in [2.45, 2.75) is 19.9 Å². The molecule has 16 heavy (non-hydrogen) atoms. The number of nitrogens with one attached hydrogen (secondary N) is 1. The highest BCUT2D eigenvalue weighted by molar-refractivity contribution is 9.11. The van der Waals surface area contributed by atoms with Crippen molar-refractivity contribution in [3.05, 3.63) is 36.9 Å². The van der Waals surface area contributed by atoms with Crippen LogP contribution < -0.4 is 5.32 Å². The highest BCUT2D eigenvalue weighted by atomic mass is 79.9. The van der Waals surface area contributed by atoms with Gasteiger partial charge in [0, 0.05) is 35.5 Å². The average molecular weight is 317 g/mol. The monoisotopic (exact) mass is 316 g/mol. The van der Waals surface area contributed by atoms with Crippen molar-refractivity contribution in [2.24, 2.45) is 0 Å². The Morgan fingerprint density at radius 2 is 2.25 bits per heavy atom. The molecule has 0 radical (unpaired) electrons. The van der Waals surface area contributed by atoms with Crippen LogP contribution in [0.25, 0.3) is 0 Å². The molecule has 5 heteroatoms. The van der Waals surface area contributed by atoms with Crippen LogP contribution in [0.15, 0.2) is 22.1 Å². The van der Waals surface area contributed by atoms with Gasteiger partial charge < -0.3 is 5.32 Å².